The number of rotatable bonds is 4. The summed E-state index contributed by atoms with van der Waals surface area (Å²) in [5.41, 5.74) is 1.28. The number of carbonyl (C=O) groups excluding carboxylic acids is 1. The molecule has 6 nitrogen and oxygen atoms in total. The van der Waals surface area contributed by atoms with Crippen LogP contribution in [0.1, 0.15) is 5.56 Å². The topological polar surface area (TPSA) is 67.4 Å². The van der Waals surface area contributed by atoms with E-state index >= 15 is 0 Å². The van der Waals surface area contributed by atoms with Crippen LogP contribution in [0.25, 0.3) is 0 Å². The highest BCUT2D eigenvalue weighted by atomic mass is 19.1. The Balaban J connectivity index is 1.57. The van der Waals surface area contributed by atoms with Gasteiger partial charge in [-0.05, 0) is 17.7 Å². The molecule has 1 aliphatic rings. The van der Waals surface area contributed by atoms with Gasteiger partial charge in [0.05, 0.1) is 37.7 Å². The fourth-order valence-corrected chi connectivity index (χ4v) is 2.31. The maximum absolute atomic E-state index is 12.8. The summed E-state index contributed by atoms with van der Waals surface area (Å²) in [4.78, 5) is 22.5. The first-order valence-corrected chi connectivity index (χ1v) is 7.40. The van der Waals surface area contributed by atoms with E-state index in [1.807, 2.05) is 4.90 Å². The van der Waals surface area contributed by atoms with Gasteiger partial charge in [-0.3, -0.25) is 4.79 Å². The number of anilines is 2. The average Bonchev–Trinajstić information content (AvgIpc) is 2.58. The lowest BCUT2D eigenvalue weighted by molar-refractivity contribution is -0.115. The van der Waals surface area contributed by atoms with Crippen molar-refractivity contribution in [2.75, 3.05) is 36.5 Å². The molecule has 1 amide bonds. The molecule has 23 heavy (non-hydrogen) atoms. The van der Waals surface area contributed by atoms with Crippen molar-refractivity contribution in [1.82, 2.24) is 9.97 Å². The molecule has 0 unspecified atom stereocenters. The highest BCUT2D eigenvalue weighted by Crippen LogP contribution is 2.12. The summed E-state index contributed by atoms with van der Waals surface area (Å²) in [6.45, 7) is 2.85. The zero-order chi connectivity index (χ0) is 16.1. The van der Waals surface area contributed by atoms with Gasteiger partial charge in [0.15, 0.2) is 0 Å². The maximum atomic E-state index is 12.8. The van der Waals surface area contributed by atoms with Gasteiger partial charge in [0.25, 0.3) is 0 Å². The fraction of sp³-hybridized carbons (Fsp3) is 0.312. The molecular formula is C16H17FN4O2. The Morgan fingerprint density at radius 2 is 1.83 bits per heavy atom. The Bertz CT molecular complexity index is 655. The number of benzene rings is 1. The van der Waals surface area contributed by atoms with E-state index in [4.69, 9.17) is 4.74 Å². The van der Waals surface area contributed by atoms with E-state index in [-0.39, 0.29) is 18.1 Å². The van der Waals surface area contributed by atoms with Crippen LogP contribution in [0.4, 0.5) is 16.0 Å². The number of nitrogens with one attached hydrogen (secondary N) is 1. The van der Waals surface area contributed by atoms with Crippen LogP contribution in [-0.2, 0) is 16.0 Å². The van der Waals surface area contributed by atoms with Crippen LogP contribution in [0, 0.1) is 5.82 Å². The van der Waals surface area contributed by atoms with Crippen LogP contribution in [0.15, 0.2) is 36.7 Å². The molecule has 1 aromatic heterocycles. The molecule has 1 fully saturated rings. The molecule has 0 saturated carbocycles. The number of hydrogen-bond donors (Lipinski definition) is 1. The molecule has 0 aliphatic carbocycles. The molecular weight excluding hydrogens is 299 g/mol. The Hall–Kier alpha value is -2.54. The van der Waals surface area contributed by atoms with E-state index in [1.54, 1.807) is 24.5 Å². The van der Waals surface area contributed by atoms with Crippen LogP contribution >= 0.6 is 0 Å². The van der Waals surface area contributed by atoms with Gasteiger partial charge in [-0.2, -0.15) is 0 Å². The lowest BCUT2D eigenvalue weighted by Gasteiger charge is -2.26. The van der Waals surface area contributed by atoms with Gasteiger partial charge in [-0.15, -0.1) is 0 Å². The fourth-order valence-electron chi connectivity index (χ4n) is 2.31. The van der Waals surface area contributed by atoms with E-state index < -0.39 is 0 Å². The van der Waals surface area contributed by atoms with Crippen LogP contribution in [0.3, 0.4) is 0 Å². The summed E-state index contributed by atoms with van der Waals surface area (Å²) in [6.07, 6.45) is 3.34. The standard InChI is InChI=1S/C16H17FN4O2/c17-13-3-1-12(2-4-13)9-15(22)20-14-10-18-16(19-11-14)21-5-7-23-8-6-21/h1-4,10-11H,5-9H2,(H,20,22). The maximum Gasteiger partial charge on any atom is 0.228 e. The zero-order valence-corrected chi connectivity index (χ0v) is 12.5. The number of morpholine rings is 1. The molecule has 2 heterocycles. The van der Waals surface area contributed by atoms with E-state index in [1.165, 1.54) is 12.1 Å². The molecule has 3 rings (SSSR count). The van der Waals surface area contributed by atoms with E-state index in [2.05, 4.69) is 15.3 Å². The lowest BCUT2D eigenvalue weighted by Crippen LogP contribution is -2.37. The van der Waals surface area contributed by atoms with Gasteiger partial charge in [0, 0.05) is 13.1 Å². The Kier molecular flexibility index (Phi) is 4.77. The Morgan fingerprint density at radius 3 is 2.48 bits per heavy atom. The van der Waals surface area contributed by atoms with Gasteiger partial charge in [0.1, 0.15) is 5.82 Å². The van der Waals surface area contributed by atoms with Crippen molar-refractivity contribution >= 4 is 17.5 Å². The highest BCUT2D eigenvalue weighted by Gasteiger charge is 2.13. The second-order valence-electron chi connectivity index (χ2n) is 5.22. The number of hydrogen-bond acceptors (Lipinski definition) is 5. The number of aromatic nitrogens is 2. The molecule has 2 aromatic rings. The normalized spacial score (nSPS) is 14.6. The van der Waals surface area contributed by atoms with E-state index in [0.717, 1.165) is 18.7 Å². The number of amides is 1. The summed E-state index contributed by atoms with van der Waals surface area (Å²) < 4.78 is 18.1. The first-order valence-electron chi connectivity index (χ1n) is 7.40. The third kappa shape index (κ3) is 4.23. The molecule has 7 heteroatoms. The van der Waals surface area contributed by atoms with Crippen molar-refractivity contribution in [3.63, 3.8) is 0 Å². The number of carbonyl (C=O) groups is 1. The summed E-state index contributed by atoms with van der Waals surface area (Å²) in [6, 6.07) is 5.85. The monoisotopic (exact) mass is 316 g/mol. The van der Waals surface area contributed by atoms with Crippen molar-refractivity contribution in [2.45, 2.75) is 6.42 Å². The van der Waals surface area contributed by atoms with Gasteiger partial charge in [-0.25, -0.2) is 14.4 Å². The summed E-state index contributed by atoms with van der Waals surface area (Å²) in [7, 11) is 0. The van der Waals surface area contributed by atoms with Gasteiger partial charge in [0.2, 0.25) is 11.9 Å². The molecule has 120 valence electrons. The number of nitrogens with zero attached hydrogens (tertiary/aromatic N) is 3. The average molecular weight is 316 g/mol. The van der Waals surface area contributed by atoms with Crippen molar-refractivity contribution in [3.8, 4) is 0 Å². The predicted octanol–water partition coefficient (Wildman–Crippen LogP) is 1.63. The van der Waals surface area contributed by atoms with Crippen molar-refractivity contribution < 1.29 is 13.9 Å². The molecule has 1 N–H and O–H groups in total. The van der Waals surface area contributed by atoms with E-state index in [9.17, 15) is 9.18 Å². The van der Waals surface area contributed by atoms with Gasteiger partial charge in [-0.1, -0.05) is 12.1 Å². The molecule has 0 atom stereocenters. The third-order valence-corrected chi connectivity index (χ3v) is 3.49. The molecule has 0 radical (unpaired) electrons. The van der Waals surface area contributed by atoms with Gasteiger partial charge >= 0.3 is 0 Å². The summed E-state index contributed by atoms with van der Waals surface area (Å²) in [5, 5.41) is 2.73. The second-order valence-corrected chi connectivity index (χ2v) is 5.22. The minimum Gasteiger partial charge on any atom is -0.378 e. The van der Waals surface area contributed by atoms with Crippen molar-refractivity contribution in [2.24, 2.45) is 0 Å². The SMILES string of the molecule is O=C(Cc1ccc(F)cc1)Nc1cnc(N2CCOCC2)nc1. The van der Waals surface area contributed by atoms with Crippen LogP contribution < -0.4 is 10.2 Å². The Morgan fingerprint density at radius 1 is 1.17 bits per heavy atom. The number of ether oxygens (including phenoxy) is 1. The molecule has 1 saturated heterocycles. The first kappa shape index (κ1) is 15.4. The van der Waals surface area contributed by atoms with Gasteiger partial charge < -0.3 is 15.0 Å². The van der Waals surface area contributed by atoms with Crippen molar-refractivity contribution in [1.29, 1.82) is 0 Å². The minimum absolute atomic E-state index is 0.172. The first-order chi connectivity index (χ1) is 11.2. The molecule has 0 bridgehead atoms. The number of halogens is 1. The smallest absolute Gasteiger partial charge is 0.228 e. The quantitative estimate of drug-likeness (QED) is 0.929. The molecule has 1 aromatic carbocycles. The minimum atomic E-state index is -0.318. The summed E-state index contributed by atoms with van der Waals surface area (Å²) >= 11 is 0. The highest BCUT2D eigenvalue weighted by molar-refractivity contribution is 5.91. The van der Waals surface area contributed by atoms with Crippen LogP contribution in [0.2, 0.25) is 0 Å². The zero-order valence-electron chi connectivity index (χ0n) is 12.5. The van der Waals surface area contributed by atoms with Crippen LogP contribution in [-0.4, -0.2) is 42.2 Å². The molecule has 0 spiro atoms. The summed E-state index contributed by atoms with van der Waals surface area (Å²) in [5.74, 6) is 0.116. The Labute approximate surface area is 133 Å². The van der Waals surface area contributed by atoms with Crippen LogP contribution in [0.5, 0.6) is 0 Å². The largest absolute Gasteiger partial charge is 0.378 e. The molecule has 1 aliphatic heterocycles. The second kappa shape index (κ2) is 7.15. The van der Waals surface area contributed by atoms with Crippen molar-refractivity contribution in [3.05, 3.63) is 48.0 Å². The predicted molar refractivity (Wildman–Crippen MR) is 83.8 cm³/mol. The van der Waals surface area contributed by atoms with E-state index in [0.29, 0.717) is 24.8 Å². The lowest BCUT2D eigenvalue weighted by atomic mass is 10.1. The third-order valence-electron chi connectivity index (χ3n) is 3.49.